The first kappa shape index (κ1) is 18.6. The van der Waals surface area contributed by atoms with Gasteiger partial charge in [0.05, 0.1) is 0 Å². The zero-order valence-corrected chi connectivity index (χ0v) is 15.0. The molecule has 0 atom stereocenters. The fourth-order valence-corrected chi connectivity index (χ4v) is 2.56. The van der Waals surface area contributed by atoms with Crippen LogP contribution in [0.25, 0.3) is 0 Å². The number of nitrogens with zero attached hydrogens (tertiary/aromatic N) is 1. The normalized spacial score (nSPS) is 11.1. The van der Waals surface area contributed by atoms with Crippen molar-refractivity contribution < 1.29 is 4.79 Å². The van der Waals surface area contributed by atoms with Crippen LogP contribution < -0.4 is 10.6 Å². The summed E-state index contributed by atoms with van der Waals surface area (Å²) in [5, 5.41) is 15.7. The third-order valence-electron chi connectivity index (χ3n) is 3.69. The van der Waals surface area contributed by atoms with Crippen molar-refractivity contribution in [3.63, 3.8) is 0 Å². The minimum Gasteiger partial charge on any atom is -0.386 e. The SMILES string of the molecule is CC(C)c1ccccc1NC(=O)/C(C#N)=C\NCc1ccccc1Cl. The van der Waals surface area contributed by atoms with Crippen molar-refractivity contribution in [3.05, 3.63) is 76.5 Å². The Hall–Kier alpha value is -2.77. The van der Waals surface area contributed by atoms with Crippen molar-refractivity contribution in [2.24, 2.45) is 0 Å². The van der Waals surface area contributed by atoms with Gasteiger partial charge in [0, 0.05) is 23.5 Å². The summed E-state index contributed by atoms with van der Waals surface area (Å²) in [7, 11) is 0. The van der Waals surface area contributed by atoms with Gasteiger partial charge in [-0.05, 0) is 29.2 Å². The van der Waals surface area contributed by atoms with E-state index in [9.17, 15) is 10.1 Å². The number of carbonyl (C=O) groups excluding carboxylic acids is 1. The second-order valence-electron chi connectivity index (χ2n) is 5.84. The summed E-state index contributed by atoms with van der Waals surface area (Å²) in [6, 6.07) is 16.9. The zero-order chi connectivity index (χ0) is 18.2. The molecular formula is C20H20ClN3O. The fourth-order valence-electron chi connectivity index (χ4n) is 2.36. The molecule has 0 aliphatic rings. The molecule has 0 aliphatic carbocycles. The summed E-state index contributed by atoms with van der Waals surface area (Å²) in [6.45, 7) is 4.54. The summed E-state index contributed by atoms with van der Waals surface area (Å²) < 4.78 is 0. The smallest absolute Gasteiger partial charge is 0.267 e. The van der Waals surface area contributed by atoms with Gasteiger partial charge in [-0.3, -0.25) is 4.79 Å². The highest BCUT2D eigenvalue weighted by molar-refractivity contribution is 6.31. The molecule has 2 rings (SSSR count). The molecule has 1 amide bonds. The third-order valence-corrected chi connectivity index (χ3v) is 4.06. The summed E-state index contributed by atoms with van der Waals surface area (Å²) in [4.78, 5) is 12.4. The minimum absolute atomic E-state index is 0.00520. The van der Waals surface area contributed by atoms with E-state index in [0.717, 1.165) is 16.8 Å². The van der Waals surface area contributed by atoms with Gasteiger partial charge < -0.3 is 10.6 Å². The number of hydrogen-bond acceptors (Lipinski definition) is 3. The highest BCUT2D eigenvalue weighted by Gasteiger charge is 2.13. The van der Waals surface area contributed by atoms with Gasteiger partial charge in [0.15, 0.2) is 0 Å². The molecule has 0 saturated heterocycles. The van der Waals surface area contributed by atoms with E-state index in [2.05, 4.69) is 24.5 Å². The van der Waals surface area contributed by atoms with Crippen molar-refractivity contribution in [2.75, 3.05) is 5.32 Å². The summed E-state index contributed by atoms with van der Waals surface area (Å²) in [6.07, 6.45) is 1.41. The van der Waals surface area contributed by atoms with Crippen LogP contribution in [0.1, 0.15) is 30.9 Å². The number of nitrogens with one attached hydrogen (secondary N) is 2. The first-order chi connectivity index (χ1) is 12.0. The molecule has 4 nitrogen and oxygen atoms in total. The Morgan fingerprint density at radius 2 is 1.88 bits per heavy atom. The Bertz CT molecular complexity index is 822. The molecule has 5 heteroatoms. The lowest BCUT2D eigenvalue weighted by atomic mass is 10.0. The van der Waals surface area contributed by atoms with Gasteiger partial charge in [0.25, 0.3) is 5.91 Å². The molecule has 0 bridgehead atoms. The highest BCUT2D eigenvalue weighted by Crippen LogP contribution is 2.24. The molecule has 0 saturated carbocycles. The Labute approximate surface area is 153 Å². The molecule has 2 N–H and O–H groups in total. The molecule has 0 spiro atoms. The fraction of sp³-hybridized carbons (Fsp3) is 0.200. The lowest BCUT2D eigenvalue weighted by Gasteiger charge is -2.13. The van der Waals surface area contributed by atoms with E-state index in [1.807, 2.05) is 48.5 Å². The van der Waals surface area contributed by atoms with E-state index < -0.39 is 5.91 Å². The Morgan fingerprint density at radius 1 is 1.20 bits per heavy atom. The quantitative estimate of drug-likeness (QED) is 0.589. The highest BCUT2D eigenvalue weighted by atomic mass is 35.5. The monoisotopic (exact) mass is 353 g/mol. The van der Waals surface area contributed by atoms with Gasteiger partial charge in [0.1, 0.15) is 11.6 Å². The first-order valence-corrected chi connectivity index (χ1v) is 8.38. The topological polar surface area (TPSA) is 64.9 Å². The number of para-hydroxylation sites is 1. The number of anilines is 1. The van der Waals surface area contributed by atoms with Crippen molar-refractivity contribution in [2.45, 2.75) is 26.3 Å². The van der Waals surface area contributed by atoms with Gasteiger partial charge in [0.2, 0.25) is 0 Å². The molecule has 0 aliphatic heterocycles. The molecule has 2 aromatic rings. The first-order valence-electron chi connectivity index (χ1n) is 8.00. The molecule has 128 valence electrons. The molecule has 0 aromatic heterocycles. The van der Waals surface area contributed by atoms with Gasteiger partial charge in [-0.2, -0.15) is 5.26 Å². The van der Waals surface area contributed by atoms with Crippen molar-refractivity contribution in [1.82, 2.24) is 5.32 Å². The van der Waals surface area contributed by atoms with Crippen LogP contribution in [0.3, 0.4) is 0 Å². The van der Waals surface area contributed by atoms with Gasteiger partial charge in [-0.25, -0.2) is 0 Å². The predicted molar refractivity (Wildman–Crippen MR) is 101 cm³/mol. The minimum atomic E-state index is -0.442. The molecule has 0 fully saturated rings. The van der Waals surface area contributed by atoms with Gasteiger partial charge >= 0.3 is 0 Å². The van der Waals surface area contributed by atoms with Gasteiger partial charge in [-0.15, -0.1) is 0 Å². The van der Waals surface area contributed by atoms with Crippen molar-refractivity contribution in [3.8, 4) is 6.07 Å². The number of hydrogen-bond donors (Lipinski definition) is 2. The molecule has 0 heterocycles. The van der Waals surface area contributed by atoms with Crippen LogP contribution in [0.15, 0.2) is 60.3 Å². The lowest BCUT2D eigenvalue weighted by Crippen LogP contribution is -2.17. The number of carbonyl (C=O) groups is 1. The lowest BCUT2D eigenvalue weighted by molar-refractivity contribution is -0.112. The molecule has 25 heavy (non-hydrogen) atoms. The average Bonchev–Trinajstić information content (AvgIpc) is 2.60. The van der Waals surface area contributed by atoms with E-state index >= 15 is 0 Å². The Kier molecular flexibility index (Phi) is 6.62. The number of rotatable bonds is 6. The zero-order valence-electron chi connectivity index (χ0n) is 14.2. The Morgan fingerprint density at radius 3 is 2.56 bits per heavy atom. The van der Waals surface area contributed by atoms with Crippen LogP contribution in [0.2, 0.25) is 5.02 Å². The number of nitriles is 1. The Balaban J connectivity index is 2.06. The number of amides is 1. The maximum absolute atomic E-state index is 12.4. The summed E-state index contributed by atoms with van der Waals surface area (Å²) >= 11 is 6.09. The largest absolute Gasteiger partial charge is 0.386 e. The second kappa shape index (κ2) is 8.91. The van der Waals surface area contributed by atoms with Crippen LogP contribution in [0, 0.1) is 11.3 Å². The van der Waals surface area contributed by atoms with Crippen molar-refractivity contribution in [1.29, 1.82) is 5.26 Å². The van der Waals surface area contributed by atoms with Crippen LogP contribution in [-0.4, -0.2) is 5.91 Å². The molecule has 2 aromatic carbocycles. The second-order valence-corrected chi connectivity index (χ2v) is 6.25. The summed E-state index contributed by atoms with van der Waals surface area (Å²) in [5.74, 6) is -0.174. The molecule has 0 unspecified atom stereocenters. The molecule has 0 radical (unpaired) electrons. The van der Waals surface area contributed by atoms with Crippen molar-refractivity contribution >= 4 is 23.2 Å². The van der Waals surface area contributed by atoms with Crippen LogP contribution >= 0.6 is 11.6 Å². The predicted octanol–water partition coefficient (Wildman–Crippen LogP) is 4.60. The van der Waals surface area contributed by atoms with E-state index in [0.29, 0.717) is 11.6 Å². The maximum atomic E-state index is 12.4. The van der Waals surface area contributed by atoms with E-state index in [-0.39, 0.29) is 11.5 Å². The van der Waals surface area contributed by atoms with E-state index in [1.165, 1.54) is 6.20 Å². The third kappa shape index (κ3) is 5.10. The summed E-state index contributed by atoms with van der Waals surface area (Å²) in [5.41, 5.74) is 2.64. The van der Waals surface area contributed by atoms with Crippen LogP contribution in [-0.2, 0) is 11.3 Å². The van der Waals surface area contributed by atoms with E-state index in [1.54, 1.807) is 6.07 Å². The number of benzene rings is 2. The van der Waals surface area contributed by atoms with Crippen LogP contribution in [0.4, 0.5) is 5.69 Å². The van der Waals surface area contributed by atoms with Gasteiger partial charge in [-0.1, -0.05) is 61.8 Å². The number of halogens is 1. The van der Waals surface area contributed by atoms with E-state index in [4.69, 9.17) is 11.6 Å². The maximum Gasteiger partial charge on any atom is 0.267 e. The molecular weight excluding hydrogens is 334 g/mol. The van der Waals surface area contributed by atoms with Crippen LogP contribution in [0.5, 0.6) is 0 Å². The standard InChI is InChI=1S/C20H20ClN3O/c1-14(2)17-8-4-6-10-19(17)24-20(25)16(11-22)13-23-12-15-7-3-5-9-18(15)21/h3-10,13-14,23H,12H2,1-2H3,(H,24,25)/b16-13-. The average molecular weight is 354 g/mol.